The molecule has 278 valence electrons. The number of ether oxygens (including phenoxy) is 5. The average molecular weight is 718 g/mol. The van der Waals surface area contributed by atoms with Gasteiger partial charge in [-0.2, -0.15) is 5.26 Å². The molecular weight excluding hydrogens is 670 g/mol. The molecule has 2 bridgehead atoms. The second-order valence-corrected chi connectivity index (χ2v) is 15.4. The normalized spacial score (nSPS) is 26.1. The Morgan fingerprint density at radius 3 is 2.50 bits per heavy atom. The molecular formula is C38H47N5O9. The number of nitrogens with zero attached hydrogens (tertiary/aromatic N) is 4. The van der Waals surface area contributed by atoms with Crippen LogP contribution in [-0.4, -0.2) is 102 Å². The lowest BCUT2D eigenvalue weighted by Gasteiger charge is -2.60. The molecule has 2 aromatic rings. The topological polar surface area (TPSA) is 163 Å². The van der Waals surface area contributed by atoms with Gasteiger partial charge in [0, 0.05) is 54.4 Å². The van der Waals surface area contributed by atoms with Gasteiger partial charge in [0.25, 0.3) is 0 Å². The first kappa shape index (κ1) is 35.7. The summed E-state index contributed by atoms with van der Waals surface area (Å²) < 4.78 is 29.3. The van der Waals surface area contributed by atoms with E-state index in [4.69, 9.17) is 23.7 Å². The van der Waals surface area contributed by atoms with Crippen LogP contribution in [0.1, 0.15) is 86.0 Å². The number of likely N-dealkylation sites (N-methyl/N-ethyl adjacent to an activating group) is 1. The van der Waals surface area contributed by atoms with Crippen LogP contribution in [0.5, 0.6) is 28.7 Å². The Labute approximate surface area is 303 Å². The van der Waals surface area contributed by atoms with Crippen LogP contribution in [0.15, 0.2) is 6.07 Å². The summed E-state index contributed by atoms with van der Waals surface area (Å²) in [5.74, 6) is 0.904. The maximum Gasteiger partial charge on any atom is 0.410 e. The van der Waals surface area contributed by atoms with Crippen molar-refractivity contribution in [2.24, 2.45) is 0 Å². The van der Waals surface area contributed by atoms with Crippen molar-refractivity contribution in [1.82, 2.24) is 20.0 Å². The number of phenols is 1. The Balaban J connectivity index is 1.36. The molecule has 2 saturated heterocycles. The third-order valence-electron chi connectivity index (χ3n) is 11.2. The average Bonchev–Trinajstić information content (AvgIpc) is 3.76. The Kier molecular flexibility index (Phi) is 8.94. The molecule has 2 fully saturated rings. The number of aromatic hydroxyl groups is 1. The molecule has 52 heavy (non-hydrogen) atoms. The van der Waals surface area contributed by atoms with Gasteiger partial charge in [0.05, 0.1) is 25.3 Å². The third kappa shape index (κ3) is 5.65. The standard InChI is InChI=1S/C38H47N5O9/c1-18-12-21-13-24-26(15-39)43-25(30(41(24)7)28(21)31(45)32(18)48-8)14-22-29(35-34(49-17-50-35)19(2)33(22)51-20(3)44)27(43)16-40-36(46)23-10-9-11-42(23)37(47)52-38(4,5)6/h12,23-27,30,45H,9-11,13-14,16-17H2,1-8H3,(H,40,46)/t23?,24-,25?,26+,27+,30-/m1/s1. The number of rotatable bonds is 5. The van der Waals surface area contributed by atoms with Gasteiger partial charge in [-0.3, -0.25) is 24.3 Å². The number of hydrogen-bond donors (Lipinski definition) is 2. The number of amides is 2. The zero-order valence-electron chi connectivity index (χ0n) is 31.0. The number of methoxy groups -OCH3 is 1. The number of carbonyl (C=O) groups is 3. The van der Waals surface area contributed by atoms with Crippen molar-refractivity contribution in [3.8, 4) is 34.8 Å². The Morgan fingerprint density at radius 1 is 1.10 bits per heavy atom. The van der Waals surface area contributed by atoms with Crippen molar-refractivity contribution < 1.29 is 43.2 Å². The van der Waals surface area contributed by atoms with E-state index < -0.39 is 47.9 Å². The van der Waals surface area contributed by atoms with E-state index in [9.17, 15) is 24.8 Å². The van der Waals surface area contributed by atoms with Gasteiger partial charge in [0.15, 0.2) is 23.0 Å². The third-order valence-corrected chi connectivity index (χ3v) is 11.2. The van der Waals surface area contributed by atoms with Crippen LogP contribution in [-0.2, 0) is 27.2 Å². The Morgan fingerprint density at radius 2 is 1.83 bits per heavy atom. The van der Waals surface area contributed by atoms with Crippen molar-refractivity contribution in [3.63, 3.8) is 0 Å². The Bertz CT molecular complexity index is 1880. The predicted octanol–water partition coefficient (Wildman–Crippen LogP) is 3.96. The highest BCUT2D eigenvalue weighted by Crippen LogP contribution is 2.58. The quantitative estimate of drug-likeness (QED) is 0.339. The van der Waals surface area contributed by atoms with Gasteiger partial charge in [-0.15, -0.1) is 0 Å². The van der Waals surface area contributed by atoms with E-state index in [1.165, 1.54) is 18.9 Å². The number of likely N-dealkylation sites (tertiary alicyclic amines) is 1. The first-order valence-corrected chi connectivity index (χ1v) is 17.9. The molecule has 0 aliphatic carbocycles. The zero-order valence-corrected chi connectivity index (χ0v) is 31.0. The second-order valence-electron chi connectivity index (χ2n) is 15.4. The van der Waals surface area contributed by atoms with Crippen molar-refractivity contribution in [2.45, 2.75) is 109 Å². The van der Waals surface area contributed by atoms with E-state index >= 15 is 0 Å². The fourth-order valence-electron chi connectivity index (χ4n) is 9.20. The second kappa shape index (κ2) is 13.0. The van der Waals surface area contributed by atoms with Gasteiger partial charge in [-0.05, 0) is 78.5 Å². The molecule has 5 aliphatic heterocycles. The highest BCUT2D eigenvalue weighted by Gasteiger charge is 2.57. The molecule has 2 aromatic carbocycles. The fraction of sp³-hybridized carbons (Fsp3) is 0.579. The summed E-state index contributed by atoms with van der Waals surface area (Å²) in [6, 6.07) is 1.55. The van der Waals surface area contributed by atoms with E-state index in [0.29, 0.717) is 71.9 Å². The predicted molar refractivity (Wildman–Crippen MR) is 186 cm³/mol. The molecule has 2 unspecified atom stereocenters. The van der Waals surface area contributed by atoms with Crippen molar-refractivity contribution in [3.05, 3.63) is 39.4 Å². The number of carbonyl (C=O) groups excluding carboxylic acids is 3. The van der Waals surface area contributed by atoms with E-state index in [1.54, 1.807) is 20.8 Å². The first-order valence-electron chi connectivity index (χ1n) is 17.9. The molecule has 7 rings (SSSR count). The van der Waals surface area contributed by atoms with Crippen LogP contribution < -0.4 is 24.3 Å². The number of hydrogen-bond acceptors (Lipinski definition) is 12. The number of nitriles is 1. The van der Waals surface area contributed by atoms with E-state index in [0.717, 1.165) is 16.7 Å². The molecule has 0 saturated carbocycles. The van der Waals surface area contributed by atoms with E-state index in [2.05, 4.69) is 21.2 Å². The molecule has 0 aromatic heterocycles. The number of esters is 1. The minimum Gasteiger partial charge on any atom is -0.504 e. The highest BCUT2D eigenvalue weighted by molar-refractivity contribution is 5.86. The lowest BCUT2D eigenvalue weighted by Crippen LogP contribution is -2.69. The van der Waals surface area contributed by atoms with Gasteiger partial charge in [-0.25, -0.2) is 4.79 Å². The van der Waals surface area contributed by atoms with Crippen LogP contribution in [0, 0.1) is 25.2 Å². The van der Waals surface area contributed by atoms with Gasteiger partial charge >= 0.3 is 12.1 Å². The lowest BCUT2D eigenvalue weighted by atomic mass is 9.71. The molecule has 2 N–H and O–H groups in total. The highest BCUT2D eigenvalue weighted by atomic mass is 16.7. The van der Waals surface area contributed by atoms with Crippen molar-refractivity contribution in [1.29, 1.82) is 5.26 Å². The first-order chi connectivity index (χ1) is 24.7. The molecule has 5 aliphatic rings. The summed E-state index contributed by atoms with van der Waals surface area (Å²) in [5, 5.41) is 25.9. The number of benzene rings is 2. The van der Waals surface area contributed by atoms with Crippen LogP contribution in [0.2, 0.25) is 0 Å². The molecule has 14 nitrogen and oxygen atoms in total. The number of fused-ring (bicyclic) bond motifs is 9. The van der Waals surface area contributed by atoms with Gasteiger partial charge in [0.2, 0.25) is 12.7 Å². The fourth-order valence-corrected chi connectivity index (χ4v) is 9.20. The van der Waals surface area contributed by atoms with Crippen molar-refractivity contribution in [2.75, 3.05) is 34.0 Å². The minimum absolute atomic E-state index is 0.0440. The van der Waals surface area contributed by atoms with Crippen molar-refractivity contribution >= 4 is 18.0 Å². The molecule has 14 heteroatoms. The molecule has 2 amide bonds. The van der Waals surface area contributed by atoms with E-state index in [1.807, 2.05) is 27.0 Å². The smallest absolute Gasteiger partial charge is 0.410 e. The lowest BCUT2D eigenvalue weighted by molar-refractivity contribution is -0.132. The van der Waals surface area contributed by atoms with Gasteiger partial charge in [0.1, 0.15) is 23.4 Å². The summed E-state index contributed by atoms with van der Waals surface area (Å²) >= 11 is 0. The maximum absolute atomic E-state index is 14.0. The Hall–Kier alpha value is -4.74. The largest absolute Gasteiger partial charge is 0.504 e. The summed E-state index contributed by atoms with van der Waals surface area (Å²) in [5.41, 5.74) is 3.75. The van der Waals surface area contributed by atoms with Crippen LogP contribution >= 0.6 is 0 Å². The SMILES string of the molecule is COc1c(C)cc2c(c1O)[C@H]1C3Cc4c(OC(C)=O)c(C)c5c(c4[C@H](CNC(=O)C4CCCN4C(=O)OC(C)(C)C)N3[C@@H](C#N)[C@@H](C2)N1C)OCO5. The molecule has 5 heterocycles. The summed E-state index contributed by atoms with van der Waals surface area (Å²) in [6.45, 7) is 10.8. The maximum atomic E-state index is 14.0. The van der Waals surface area contributed by atoms with Crippen LogP contribution in [0.3, 0.4) is 0 Å². The zero-order chi connectivity index (χ0) is 37.4. The summed E-state index contributed by atoms with van der Waals surface area (Å²) in [6.07, 6.45) is 1.43. The van der Waals surface area contributed by atoms with Crippen LogP contribution in [0.4, 0.5) is 4.79 Å². The molecule has 0 radical (unpaired) electrons. The molecule has 6 atom stereocenters. The number of nitrogens with one attached hydrogen (secondary N) is 1. The van der Waals surface area contributed by atoms with Crippen LogP contribution in [0.25, 0.3) is 0 Å². The van der Waals surface area contributed by atoms with Gasteiger partial charge < -0.3 is 34.1 Å². The summed E-state index contributed by atoms with van der Waals surface area (Å²) in [4.78, 5) is 45.5. The molecule has 0 spiro atoms. The van der Waals surface area contributed by atoms with E-state index in [-0.39, 0.29) is 31.0 Å². The monoisotopic (exact) mass is 717 g/mol. The minimum atomic E-state index is -0.730. The number of piperazine rings is 1. The number of aryl methyl sites for hydroxylation is 1. The number of phenolic OH excluding ortho intramolecular Hbond substituents is 1. The summed E-state index contributed by atoms with van der Waals surface area (Å²) in [7, 11) is 3.50. The van der Waals surface area contributed by atoms with Gasteiger partial charge in [-0.1, -0.05) is 6.07 Å².